The first-order valence-corrected chi connectivity index (χ1v) is 5.64. The molecular formula is C13H14F2N2O2. The van der Waals surface area contributed by atoms with Gasteiger partial charge in [-0.05, 0) is 18.1 Å². The molecule has 0 bridgehead atoms. The fraction of sp³-hybridized carbons (Fsp3) is 0.385. The van der Waals surface area contributed by atoms with Gasteiger partial charge < -0.3 is 10.1 Å². The molecule has 1 rings (SSSR count). The number of hydrogen-bond acceptors (Lipinski definition) is 4. The number of nitriles is 1. The van der Waals surface area contributed by atoms with E-state index in [0.29, 0.717) is 0 Å². The van der Waals surface area contributed by atoms with Gasteiger partial charge in [-0.1, -0.05) is 13.8 Å². The Morgan fingerprint density at radius 2 is 1.89 bits per heavy atom. The second-order valence-corrected chi connectivity index (χ2v) is 4.32. The van der Waals surface area contributed by atoms with Crippen LogP contribution in [0.25, 0.3) is 0 Å². The van der Waals surface area contributed by atoms with Gasteiger partial charge in [-0.3, -0.25) is 0 Å². The zero-order valence-corrected chi connectivity index (χ0v) is 10.8. The molecule has 0 spiro atoms. The lowest BCUT2D eigenvalue weighted by Gasteiger charge is -2.21. The van der Waals surface area contributed by atoms with Crippen LogP contribution in [0.1, 0.15) is 19.4 Å². The van der Waals surface area contributed by atoms with Crippen molar-refractivity contribution in [2.24, 2.45) is 5.92 Å². The van der Waals surface area contributed by atoms with Crippen molar-refractivity contribution in [3.8, 4) is 6.07 Å². The Balaban J connectivity index is 3.11. The Labute approximate surface area is 110 Å². The van der Waals surface area contributed by atoms with Gasteiger partial charge >= 0.3 is 5.97 Å². The van der Waals surface area contributed by atoms with Crippen LogP contribution < -0.4 is 5.32 Å². The maximum atomic E-state index is 13.7. The van der Waals surface area contributed by atoms with Gasteiger partial charge in [-0.2, -0.15) is 5.26 Å². The Morgan fingerprint density at radius 3 is 2.26 bits per heavy atom. The van der Waals surface area contributed by atoms with Crippen LogP contribution >= 0.6 is 0 Å². The number of nitrogens with one attached hydrogen (secondary N) is 1. The number of carbonyl (C=O) groups excluding carboxylic acids is 1. The Morgan fingerprint density at radius 1 is 1.37 bits per heavy atom. The maximum absolute atomic E-state index is 13.7. The van der Waals surface area contributed by atoms with Crippen LogP contribution in [-0.4, -0.2) is 19.1 Å². The van der Waals surface area contributed by atoms with Gasteiger partial charge in [0.2, 0.25) is 0 Å². The summed E-state index contributed by atoms with van der Waals surface area (Å²) in [5.74, 6) is -2.68. The molecule has 4 nitrogen and oxygen atoms in total. The highest BCUT2D eigenvalue weighted by Gasteiger charge is 2.25. The lowest BCUT2D eigenvalue weighted by atomic mass is 10.0. The Hall–Kier alpha value is -2.16. The molecule has 6 heteroatoms. The number of ether oxygens (including phenoxy) is 1. The molecule has 0 aliphatic heterocycles. The summed E-state index contributed by atoms with van der Waals surface area (Å²) in [5, 5.41) is 11.1. The first-order chi connectivity index (χ1) is 8.90. The molecule has 1 N–H and O–H groups in total. The zero-order valence-electron chi connectivity index (χ0n) is 10.8. The van der Waals surface area contributed by atoms with E-state index in [4.69, 9.17) is 5.26 Å². The standard InChI is InChI=1S/C13H14F2N2O2/c1-7(2)11(13(18)19-3)17-12-9(14)4-8(6-16)5-10(12)15/h4-5,7,11,17H,1-3H3. The largest absolute Gasteiger partial charge is 0.467 e. The molecule has 0 aliphatic carbocycles. The third kappa shape index (κ3) is 3.41. The van der Waals surface area contributed by atoms with Gasteiger partial charge in [0.05, 0.1) is 18.7 Å². The average Bonchev–Trinajstić information content (AvgIpc) is 2.36. The number of anilines is 1. The van der Waals surface area contributed by atoms with Crippen molar-refractivity contribution in [3.05, 3.63) is 29.3 Å². The minimum atomic E-state index is -0.925. The van der Waals surface area contributed by atoms with Crippen molar-refractivity contribution < 1.29 is 18.3 Å². The fourth-order valence-corrected chi connectivity index (χ4v) is 1.56. The van der Waals surface area contributed by atoms with Crippen LogP contribution in [0.2, 0.25) is 0 Å². The molecular weight excluding hydrogens is 254 g/mol. The second-order valence-electron chi connectivity index (χ2n) is 4.32. The van der Waals surface area contributed by atoms with Crippen molar-refractivity contribution in [1.82, 2.24) is 0 Å². The van der Waals surface area contributed by atoms with E-state index >= 15 is 0 Å². The lowest BCUT2D eigenvalue weighted by Crippen LogP contribution is -2.36. The monoisotopic (exact) mass is 268 g/mol. The summed E-state index contributed by atoms with van der Waals surface area (Å²) < 4.78 is 31.9. The highest BCUT2D eigenvalue weighted by atomic mass is 19.1. The van der Waals surface area contributed by atoms with E-state index in [1.165, 1.54) is 7.11 Å². The third-order valence-corrected chi connectivity index (χ3v) is 2.59. The van der Waals surface area contributed by atoms with Crippen molar-refractivity contribution in [1.29, 1.82) is 5.26 Å². The molecule has 0 fully saturated rings. The molecule has 1 atom stereocenters. The molecule has 0 aliphatic rings. The summed E-state index contributed by atoms with van der Waals surface area (Å²) in [6.07, 6.45) is 0. The van der Waals surface area contributed by atoms with E-state index in [0.717, 1.165) is 12.1 Å². The molecule has 102 valence electrons. The number of rotatable bonds is 4. The van der Waals surface area contributed by atoms with E-state index < -0.39 is 29.3 Å². The van der Waals surface area contributed by atoms with Gasteiger partial charge in [-0.25, -0.2) is 13.6 Å². The molecule has 0 amide bonds. The van der Waals surface area contributed by atoms with E-state index in [9.17, 15) is 13.6 Å². The number of hydrogen-bond donors (Lipinski definition) is 1. The smallest absolute Gasteiger partial charge is 0.328 e. The molecule has 1 aromatic rings. The number of nitrogens with zero attached hydrogens (tertiary/aromatic N) is 1. The van der Waals surface area contributed by atoms with Crippen LogP contribution in [0.15, 0.2) is 12.1 Å². The van der Waals surface area contributed by atoms with E-state index in [1.54, 1.807) is 19.9 Å². The summed E-state index contributed by atoms with van der Waals surface area (Å²) in [6.45, 7) is 3.43. The van der Waals surface area contributed by atoms with Crippen LogP contribution in [0.4, 0.5) is 14.5 Å². The zero-order chi connectivity index (χ0) is 14.6. The first kappa shape index (κ1) is 14.9. The highest BCUT2D eigenvalue weighted by Crippen LogP contribution is 2.23. The minimum Gasteiger partial charge on any atom is -0.467 e. The molecule has 19 heavy (non-hydrogen) atoms. The molecule has 0 saturated carbocycles. The second kappa shape index (κ2) is 6.14. The number of benzene rings is 1. The van der Waals surface area contributed by atoms with Crippen LogP contribution in [-0.2, 0) is 9.53 Å². The normalized spacial score (nSPS) is 11.8. The Kier molecular flexibility index (Phi) is 4.81. The topological polar surface area (TPSA) is 62.1 Å². The third-order valence-electron chi connectivity index (χ3n) is 2.59. The summed E-state index contributed by atoms with van der Waals surface area (Å²) >= 11 is 0. The fourth-order valence-electron chi connectivity index (χ4n) is 1.56. The summed E-state index contributed by atoms with van der Waals surface area (Å²) in [7, 11) is 1.20. The van der Waals surface area contributed by atoms with Crippen LogP contribution in [0.5, 0.6) is 0 Å². The van der Waals surface area contributed by atoms with Crippen molar-refractivity contribution in [3.63, 3.8) is 0 Å². The predicted molar refractivity (Wildman–Crippen MR) is 65.3 cm³/mol. The molecule has 1 aromatic carbocycles. The summed E-state index contributed by atoms with van der Waals surface area (Å²) in [4.78, 5) is 11.5. The van der Waals surface area contributed by atoms with E-state index in [-0.39, 0.29) is 11.5 Å². The SMILES string of the molecule is COC(=O)C(Nc1c(F)cc(C#N)cc1F)C(C)C. The lowest BCUT2D eigenvalue weighted by molar-refractivity contribution is -0.142. The van der Waals surface area contributed by atoms with Crippen molar-refractivity contribution in [2.45, 2.75) is 19.9 Å². The van der Waals surface area contributed by atoms with Gasteiger partial charge in [0, 0.05) is 0 Å². The van der Waals surface area contributed by atoms with Gasteiger partial charge in [0.25, 0.3) is 0 Å². The summed E-state index contributed by atoms with van der Waals surface area (Å²) in [6, 6.07) is 2.58. The molecule has 0 radical (unpaired) electrons. The highest BCUT2D eigenvalue weighted by molar-refractivity contribution is 5.79. The Bertz CT molecular complexity index is 501. The summed E-state index contributed by atoms with van der Waals surface area (Å²) in [5.41, 5.74) is -0.567. The van der Waals surface area contributed by atoms with E-state index in [2.05, 4.69) is 10.1 Å². The number of halogens is 2. The maximum Gasteiger partial charge on any atom is 0.328 e. The molecule has 0 heterocycles. The van der Waals surface area contributed by atoms with Crippen molar-refractivity contribution in [2.75, 3.05) is 12.4 Å². The number of esters is 1. The molecule has 0 saturated heterocycles. The van der Waals surface area contributed by atoms with E-state index in [1.807, 2.05) is 0 Å². The van der Waals surface area contributed by atoms with Crippen LogP contribution in [0.3, 0.4) is 0 Å². The predicted octanol–water partition coefficient (Wildman–Crippen LogP) is 2.45. The molecule has 0 aromatic heterocycles. The first-order valence-electron chi connectivity index (χ1n) is 5.64. The average molecular weight is 268 g/mol. The molecule has 1 unspecified atom stereocenters. The minimum absolute atomic E-state index is 0.125. The quantitative estimate of drug-likeness (QED) is 0.852. The van der Waals surface area contributed by atoms with Crippen molar-refractivity contribution >= 4 is 11.7 Å². The van der Waals surface area contributed by atoms with Gasteiger partial charge in [-0.15, -0.1) is 0 Å². The number of carbonyl (C=O) groups is 1. The van der Waals surface area contributed by atoms with Crippen LogP contribution in [0, 0.1) is 28.9 Å². The van der Waals surface area contributed by atoms with Gasteiger partial charge in [0.1, 0.15) is 11.7 Å². The number of methoxy groups -OCH3 is 1. The van der Waals surface area contributed by atoms with Gasteiger partial charge in [0.15, 0.2) is 11.6 Å².